The molecule has 7 nitrogen and oxygen atoms in total. The van der Waals surface area contributed by atoms with Crippen LogP contribution in [0.4, 0.5) is 4.39 Å². The average Bonchev–Trinajstić information content (AvgIpc) is 3.15. The predicted molar refractivity (Wildman–Crippen MR) is 111 cm³/mol. The normalized spacial score (nSPS) is 11.0. The zero-order valence-corrected chi connectivity index (χ0v) is 16.4. The fourth-order valence-corrected chi connectivity index (χ4v) is 3.24. The van der Waals surface area contributed by atoms with Gasteiger partial charge in [-0.2, -0.15) is 5.10 Å². The molecule has 2 aromatic heterocycles. The van der Waals surface area contributed by atoms with E-state index in [2.05, 4.69) is 20.4 Å². The lowest BCUT2D eigenvalue weighted by atomic mass is 10.2. The Morgan fingerprint density at radius 1 is 1.17 bits per heavy atom. The first-order valence-corrected chi connectivity index (χ1v) is 9.60. The average molecular weight is 405 g/mol. The second-order valence-electron chi connectivity index (χ2n) is 6.92. The molecule has 0 atom stereocenters. The number of H-pyrrole nitrogens is 1. The van der Waals surface area contributed by atoms with E-state index in [9.17, 15) is 14.0 Å². The quantitative estimate of drug-likeness (QED) is 0.483. The van der Waals surface area contributed by atoms with Crippen molar-refractivity contribution in [3.8, 4) is 5.69 Å². The van der Waals surface area contributed by atoms with E-state index >= 15 is 0 Å². The molecule has 4 aromatic rings. The van der Waals surface area contributed by atoms with E-state index in [1.807, 2.05) is 24.3 Å². The molecule has 4 rings (SSSR count). The van der Waals surface area contributed by atoms with Gasteiger partial charge in [0.25, 0.3) is 5.91 Å². The van der Waals surface area contributed by atoms with E-state index in [1.165, 1.54) is 22.9 Å². The number of hydrogen-bond donors (Lipinski definition) is 2. The second kappa shape index (κ2) is 8.28. The third-order valence-electron chi connectivity index (χ3n) is 4.72. The number of aromatic amines is 1. The molecule has 0 fully saturated rings. The van der Waals surface area contributed by atoms with Crippen molar-refractivity contribution in [1.82, 2.24) is 25.1 Å². The molecular weight excluding hydrogens is 385 g/mol. The number of imidazole rings is 1. The van der Waals surface area contributed by atoms with Crippen LogP contribution in [0.1, 0.15) is 28.4 Å². The van der Waals surface area contributed by atoms with Crippen molar-refractivity contribution < 1.29 is 9.18 Å². The van der Waals surface area contributed by atoms with Crippen LogP contribution < -0.4 is 10.7 Å². The molecule has 1 amide bonds. The van der Waals surface area contributed by atoms with Crippen LogP contribution in [0.3, 0.4) is 0 Å². The number of nitrogens with zero attached hydrogens (tertiary/aromatic N) is 3. The Balaban J connectivity index is 1.43. The van der Waals surface area contributed by atoms with E-state index in [1.54, 1.807) is 19.1 Å². The van der Waals surface area contributed by atoms with Crippen molar-refractivity contribution in [1.29, 1.82) is 0 Å². The number of nitrogens with one attached hydrogen (secondary N) is 2. The Hall–Kier alpha value is -3.81. The number of amides is 1. The summed E-state index contributed by atoms with van der Waals surface area (Å²) in [6.45, 7) is 1.99. The third-order valence-corrected chi connectivity index (χ3v) is 4.72. The van der Waals surface area contributed by atoms with E-state index in [4.69, 9.17) is 0 Å². The van der Waals surface area contributed by atoms with Crippen LogP contribution in [-0.4, -0.2) is 32.2 Å². The molecule has 0 saturated heterocycles. The van der Waals surface area contributed by atoms with Gasteiger partial charge in [0.2, 0.25) is 5.43 Å². The Morgan fingerprint density at radius 2 is 1.93 bits per heavy atom. The van der Waals surface area contributed by atoms with Crippen molar-refractivity contribution in [3.05, 3.63) is 87.9 Å². The lowest BCUT2D eigenvalue weighted by Crippen LogP contribution is -2.32. The summed E-state index contributed by atoms with van der Waals surface area (Å²) in [6.07, 6.45) is 1.29. The van der Waals surface area contributed by atoms with Crippen molar-refractivity contribution in [2.45, 2.75) is 19.8 Å². The van der Waals surface area contributed by atoms with Gasteiger partial charge in [0.05, 0.1) is 11.0 Å². The van der Waals surface area contributed by atoms with Crippen molar-refractivity contribution in [3.63, 3.8) is 0 Å². The molecule has 8 heteroatoms. The zero-order chi connectivity index (χ0) is 21.1. The number of aryl methyl sites for hydroxylation is 2. The molecule has 2 aromatic carbocycles. The Kier molecular flexibility index (Phi) is 5.38. The van der Waals surface area contributed by atoms with Gasteiger partial charge in [0, 0.05) is 24.7 Å². The molecule has 0 bridgehead atoms. The number of hydrogen-bond acceptors (Lipinski definition) is 4. The van der Waals surface area contributed by atoms with E-state index in [0.717, 1.165) is 16.9 Å². The summed E-state index contributed by atoms with van der Waals surface area (Å²) in [5.74, 6) is -0.246. The maximum Gasteiger partial charge on any atom is 0.275 e. The van der Waals surface area contributed by atoms with Crippen LogP contribution in [0.2, 0.25) is 0 Å². The molecule has 0 spiro atoms. The fraction of sp³-hybridized carbons (Fsp3) is 0.182. The molecule has 2 heterocycles. The SMILES string of the molecule is Cc1cc(=O)c(C(=O)NCCCc2nc3ccccc3[nH]2)nn1-c1ccccc1F. The van der Waals surface area contributed by atoms with Gasteiger partial charge < -0.3 is 10.3 Å². The van der Waals surface area contributed by atoms with Crippen LogP contribution in [-0.2, 0) is 6.42 Å². The number of rotatable bonds is 6. The summed E-state index contributed by atoms with van der Waals surface area (Å²) in [4.78, 5) is 32.5. The van der Waals surface area contributed by atoms with Gasteiger partial charge in [-0.15, -0.1) is 0 Å². The second-order valence-corrected chi connectivity index (χ2v) is 6.92. The summed E-state index contributed by atoms with van der Waals surface area (Å²) in [7, 11) is 0. The third kappa shape index (κ3) is 3.98. The number of carbonyl (C=O) groups excluding carboxylic acids is 1. The van der Waals surface area contributed by atoms with Gasteiger partial charge in [0.1, 0.15) is 17.3 Å². The van der Waals surface area contributed by atoms with Gasteiger partial charge in [-0.3, -0.25) is 9.59 Å². The minimum Gasteiger partial charge on any atom is -0.351 e. The van der Waals surface area contributed by atoms with E-state index < -0.39 is 17.2 Å². The highest BCUT2D eigenvalue weighted by molar-refractivity contribution is 5.92. The van der Waals surface area contributed by atoms with Crippen LogP contribution in [0.5, 0.6) is 0 Å². The molecule has 152 valence electrons. The van der Waals surface area contributed by atoms with Gasteiger partial charge in [0.15, 0.2) is 5.69 Å². The lowest BCUT2D eigenvalue weighted by molar-refractivity contribution is 0.0945. The molecular formula is C22H20FN5O2. The highest BCUT2D eigenvalue weighted by atomic mass is 19.1. The molecule has 0 aliphatic rings. The van der Waals surface area contributed by atoms with Crippen molar-refractivity contribution >= 4 is 16.9 Å². The Labute approximate surface area is 171 Å². The molecule has 0 aliphatic carbocycles. The molecule has 30 heavy (non-hydrogen) atoms. The number of para-hydroxylation sites is 3. The van der Waals surface area contributed by atoms with Gasteiger partial charge in [-0.05, 0) is 37.6 Å². The Bertz CT molecular complexity index is 1250. The predicted octanol–water partition coefficient (Wildman–Crippen LogP) is 2.92. The number of fused-ring (bicyclic) bond motifs is 1. The summed E-state index contributed by atoms with van der Waals surface area (Å²) >= 11 is 0. The fourth-order valence-electron chi connectivity index (χ4n) is 3.24. The molecule has 0 saturated carbocycles. The molecule has 0 radical (unpaired) electrons. The minimum absolute atomic E-state index is 0.175. The molecule has 2 N–H and O–H groups in total. The van der Waals surface area contributed by atoms with Crippen LogP contribution >= 0.6 is 0 Å². The highest BCUT2D eigenvalue weighted by Crippen LogP contribution is 2.13. The van der Waals surface area contributed by atoms with Crippen LogP contribution in [0, 0.1) is 12.7 Å². The highest BCUT2D eigenvalue weighted by Gasteiger charge is 2.16. The zero-order valence-electron chi connectivity index (χ0n) is 16.4. The minimum atomic E-state index is -0.588. The standard InChI is InChI=1S/C22H20FN5O2/c1-14-13-19(29)21(27-28(14)18-10-5-2-7-15(18)23)22(30)24-12-6-11-20-25-16-8-3-4-9-17(16)26-20/h2-5,7-10,13H,6,11-12H2,1H3,(H,24,30)(H,25,26). The van der Waals surface area contributed by atoms with Gasteiger partial charge >= 0.3 is 0 Å². The largest absolute Gasteiger partial charge is 0.351 e. The van der Waals surface area contributed by atoms with Crippen molar-refractivity contribution in [2.24, 2.45) is 0 Å². The number of benzene rings is 2. The number of halogens is 1. The maximum absolute atomic E-state index is 14.1. The first kappa shape index (κ1) is 19.5. The number of aromatic nitrogens is 4. The number of carbonyl (C=O) groups is 1. The topological polar surface area (TPSA) is 92.7 Å². The first-order valence-electron chi connectivity index (χ1n) is 9.60. The molecule has 0 aliphatic heterocycles. The van der Waals surface area contributed by atoms with Crippen molar-refractivity contribution in [2.75, 3.05) is 6.54 Å². The smallest absolute Gasteiger partial charge is 0.275 e. The first-order chi connectivity index (χ1) is 14.5. The summed E-state index contributed by atoms with van der Waals surface area (Å²) in [5.41, 5.74) is 1.70. The maximum atomic E-state index is 14.1. The van der Waals surface area contributed by atoms with Crippen LogP contribution in [0.25, 0.3) is 16.7 Å². The Morgan fingerprint density at radius 3 is 2.73 bits per heavy atom. The lowest BCUT2D eigenvalue weighted by Gasteiger charge is -2.12. The summed E-state index contributed by atoms with van der Waals surface area (Å²) in [6, 6.07) is 15.1. The van der Waals surface area contributed by atoms with Crippen LogP contribution in [0.15, 0.2) is 59.4 Å². The monoisotopic (exact) mass is 405 g/mol. The van der Waals surface area contributed by atoms with Gasteiger partial charge in [-0.25, -0.2) is 14.1 Å². The van der Waals surface area contributed by atoms with Gasteiger partial charge in [-0.1, -0.05) is 24.3 Å². The van der Waals surface area contributed by atoms with E-state index in [0.29, 0.717) is 25.1 Å². The summed E-state index contributed by atoms with van der Waals surface area (Å²) < 4.78 is 15.4. The molecule has 0 unspecified atom stereocenters. The van der Waals surface area contributed by atoms with E-state index in [-0.39, 0.29) is 11.4 Å². The summed E-state index contributed by atoms with van der Waals surface area (Å²) in [5, 5.41) is 6.81.